The number of hydrogen-bond acceptors (Lipinski definition) is 7. The molecule has 3 aromatic heterocycles. The minimum Gasteiger partial charge on any atom is -0.438 e. The third-order valence-electron chi connectivity index (χ3n) is 4.71. The number of carbonyl (C=O) groups is 1. The van der Waals surface area contributed by atoms with Crippen molar-refractivity contribution in [1.82, 2.24) is 14.5 Å². The van der Waals surface area contributed by atoms with Crippen molar-refractivity contribution in [1.29, 1.82) is 0 Å². The zero-order chi connectivity index (χ0) is 22.5. The molecular weight excluding hydrogens is 426 g/mol. The number of pyridine rings is 1. The fourth-order valence-corrected chi connectivity index (χ4v) is 3.97. The highest BCUT2D eigenvalue weighted by Gasteiger charge is 2.18. The van der Waals surface area contributed by atoms with E-state index in [2.05, 4.69) is 15.1 Å². The number of para-hydroxylation sites is 1. The van der Waals surface area contributed by atoms with Crippen LogP contribution in [0, 0.1) is 13.8 Å². The van der Waals surface area contributed by atoms with Gasteiger partial charge in [-0.2, -0.15) is 0 Å². The molecule has 0 unspecified atom stereocenters. The molecule has 8 nitrogen and oxygen atoms in total. The van der Waals surface area contributed by atoms with Crippen LogP contribution in [0.4, 0.5) is 0 Å². The molecule has 0 saturated carbocycles. The normalized spacial score (nSPS) is 11.4. The van der Waals surface area contributed by atoms with Crippen LogP contribution in [0.15, 0.2) is 71.5 Å². The standard InChI is InChI=1S/C23H21N5O3S/c1-15-13-19(16(2)28(15)23-26-11-12-32-23)20(29)14-30-27-21(24)18-9-6-10-25-22(18)31-17-7-4-3-5-8-17/h3-13H,14H2,1-2H3,(H2,24,27). The highest BCUT2D eigenvalue weighted by Crippen LogP contribution is 2.24. The lowest BCUT2D eigenvalue weighted by atomic mass is 10.2. The van der Waals surface area contributed by atoms with Crippen molar-refractivity contribution < 1.29 is 14.4 Å². The van der Waals surface area contributed by atoms with Crippen LogP contribution in [-0.4, -0.2) is 32.8 Å². The van der Waals surface area contributed by atoms with E-state index >= 15 is 0 Å². The molecule has 0 spiro atoms. The molecule has 0 radical (unpaired) electrons. The Morgan fingerprint density at radius 1 is 1.09 bits per heavy atom. The van der Waals surface area contributed by atoms with Crippen LogP contribution in [0.3, 0.4) is 0 Å². The molecule has 4 aromatic rings. The van der Waals surface area contributed by atoms with Crippen molar-refractivity contribution in [2.24, 2.45) is 10.9 Å². The van der Waals surface area contributed by atoms with Gasteiger partial charge in [-0.25, -0.2) is 9.97 Å². The summed E-state index contributed by atoms with van der Waals surface area (Å²) in [5.41, 5.74) is 8.82. The van der Waals surface area contributed by atoms with Gasteiger partial charge >= 0.3 is 0 Å². The zero-order valence-electron chi connectivity index (χ0n) is 17.6. The molecule has 0 fully saturated rings. The first kappa shape index (κ1) is 21.3. The highest BCUT2D eigenvalue weighted by atomic mass is 32.1. The smallest absolute Gasteiger partial charge is 0.230 e. The number of benzene rings is 1. The highest BCUT2D eigenvalue weighted by molar-refractivity contribution is 7.12. The van der Waals surface area contributed by atoms with E-state index in [0.29, 0.717) is 22.8 Å². The number of aromatic nitrogens is 3. The number of ketones is 1. The summed E-state index contributed by atoms with van der Waals surface area (Å²) >= 11 is 1.50. The first-order chi connectivity index (χ1) is 15.5. The van der Waals surface area contributed by atoms with Crippen LogP contribution in [0.1, 0.15) is 27.3 Å². The molecule has 4 rings (SSSR count). The molecule has 3 heterocycles. The second-order valence-electron chi connectivity index (χ2n) is 6.88. The van der Waals surface area contributed by atoms with E-state index in [4.69, 9.17) is 15.3 Å². The molecule has 0 amide bonds. The Morgan fingerprint density at radius 2 is 1.91 bits per heavy atom. The van der Waals surface area contributed by atoms with Gasteiger partial charge in [0, 0.05) is 34.7 Å². The van der Waals surface area contributed by atoms with Crippen LogP contribution in [-0.2, 0) is 4.84 Å². The van der Waals surface area contributed by atoms with E-state index in [-0.39, 0.29) is 18.2 Å². The molecule has 162 valence electrons. The van der Waals surface area contributed by atoms with Gasteiger partial charge < -0.3 is 15.3 Å². The topological polar surface area (TPSA) is 105 Å². The first-order valence-corrected chi connectivity index (χ1v) is 10.7. The summed E-state index contributed by atoms with van der Waals surface area (Å²) in [6.45, 7) is 3.55. The Labute approximate surface area is 189 Å². The predicted molar refractivity (Wildman–Crippen MR) is 123 cm³/mol. The fraction of sp³-hybridized carbons (Fsp3) is 0.130. The summed E-state index contributed by atoms with van der Waals surface area (Å²) in [6, 6.07) is 14.5. The van der Waals surface area contributed by atoms with Gasteiger partial charge in [-0.05, 0) is 44.2 Å². The first-order valence-electron chi connectivity index (χ1n) is 9.80. The molecule has 32 heavy (non-hydrogen) atoms. The Hall–Kier alpha value is -3.98. The minimum atomic E-state index is -0.252. The summed E-state index contributed by atoms with van der Waals surface area (Å²) in [4.78, 5) is 26.5. The van der Waals surface area contributed by atoms with E-state index in [1.807, 2.05) is 60.2 Å². The average molecular weight is 448 g/mol. The monoisotopic (exact) mass is 447 g/mol. The van der Waals surface area contributed by atoms with Crippen molar-refractivity contribution in [3.8, 4) is 16.8 Å². The van der Waals surface area contributed by atoms with Crippen molar-refractivity contribution in [3.05, 3.63) is 88.8 Å². The van der Waals surface area contributed by atoms with Crippen LogP contribution in [0.25, 0.3) is 5.13 Å². The molecule has 0 saturated heterocycles. The lowest BCUT2D eigenvalue weighted by molar-refractivity contribution is 0.0775. The summed E-state index contributed by atoms with van der Waals surface area (Å²) in [6.07, 6.45) is 3.33. The van der Waals surface area contributed by atoms with Crippen LogP contribution < -0.4 is 10.5 Å². The van der Waals surface area contributed by atoms with Crippen LogP contribution >= 0.6 is 11.3 Å². The van der Waals surface area contributed by atoms with E-state index in [0.717, 1.165) is 16.5 Å². The van der Waals surface area contributed by atoms with Gasteiger partial charge in [0.25, 0.3) is 0 Å². The summed E-state index contributed by atoms with van der Waals surface area (Å²) in [5.74, 6) is 0.767. The number of nitrogens with zero attached hydrogens (tertiary/aromatic N) is 4. The summed E-state index contributed by atoms with van der Waals surface area (Å²) < 4.78 is 7.74. The Morgan fingerprint density at radius 3 is 2.66 bits per heavy atom. The van der Waals surface area contributed by atoms with E-state index in [1.54, 1.807) is 24.5 Å². The number of rotatable bonds is 8. The van der Waals surface area contributed by atoms with Crippen molar-refractivity contribution in [2.45, 2.75) is 13.8 Å². The number of amidine groups is 1. The number of hydrogen-bond donors (Lipinski definition) is 1. The van der Waals surface area contributed by atoms with Gasteiger partial charge in [0.1, 0.15) is 5.75 Å². The molecule has 2 N–H and O–H groups in total. The quantitative estimate of drug-likeness (QED) is 0.187. The van der Waals surface area contributed by atoms with Crippen molar-refractivity contribution in [3.63, 3.8) is 0 Å². The molecule has 0 aliphatic carbocycles. The number of thiazole rings is 1. The molecule has 0 aliphatic rings. The maximum atomic E-state index is 12.7. The fourth-order valence-electron chi connectivity index (χ4n) is 3.22. The summed E-state index contributed by atoms with van der Waals surface area (Å²) in [5, 5.41) is 6.61. The number of aryl methyl sites for hydroxylation is 1. The number of ether oxygens (including phenoxy) is 1. The molecule has 9 heteroatoms. The average Bonchev–Trinajstić information content (AvgIpc) is 3.42. The Balaban J connectivity index is 1.46. The Bertz CT molecular complexity index is 1250. The number of carbonyl (C=O) groups excluding carboxylic acids is 1. The third-order valence-corrected chi connectivity index (χ3v) is 5.46. The third kappa shape index (κ3) is 4.52. The lowest BCUT2D eigenvalue weighted by Gasteiger charge is -2.09. The predicted octanol–water partition coefficient (Wildman–Crippen LogP) is 4.26. The second kappa shape index (κ2) is 9.44. The lowest BCUT2D eigenvalue weighted by Crippen LogP contribution is -2.17. The van der Waals surface area contributed by atoms with Crippen molar-refractivity contribution in [2.75, 3.05) is 6.61 Å². The number of nitrogens with two attached hydrogens (primary N) is 1. The maximum absolute atomic E-state index is 12.7. The molecule has 1 aromatic carbocycles. The zero-order valence-corrected chi connectivity index (χ0v) is 18.4. The minimum absolute atomic E-state index is 0.0603. The molecule has 0 bridgehead atoms. The van der Waals surface area contributed by atoms with Crippen LogP contribution in [0.2, 0.25) is 0 Å². The largest absolute Gasteiger partial charge is 0.438 e. The van der Waals surface area contributed by atoms with Crippen molar-refractivity contribution >= 4 is 23.0 Å². The van der Waals surface area contributed by atoms with Gasteiger partial charge in [-0.15, -0.1) is 11.3 Å². The van der Waals surface area contributed by atoms with Gasteiger partial charge in [0.2, 0.25) is 11.7 Å². The molecule has 0 atom stereocenters. The number of oxime groups is 1. The van der Waals surface area contributed by atoms with Gasteiger partial charge in [0.15, 0.2) is 17.6 Å². The van der Waals surface area contributed by atoms with E-state index < -0.39 is 0 Å². The molecular formula is C23H21N5O3S. The summed E-state index contributed by atoms with van der Waals surface area (Å²) in [7, 11) is 0. The maximum Gasteiger partial charge on any atom is 0.230 e. The van der Waals surface area contributed by atoms with Gasteiger partial charge in [0.05, 0.1) is 5.56 Å². The number of Topliss-reactive ketones (excluding diaryl/α,β-unsaturated/α-hetero) is 1. The SMILES string of the molecule is Cc1cc(C(=O)CO/N=C(/N)c2cccnc2Oc2ccccc2)c(C)n1-c1nccs1. The Kier molecular flexibility index (Phi) is 6.27. The van der Waals surface area contributed by atoms with E-state index in [9.17, 15) is 4.79 Å². The molecule has 0 aliphatic heterocycles. The van der Waals surface area contributed by atoms with Gasteiger partial charge in [-0.3, -0.25) is 9.36 Å². The van der Waals surface area contributed by atoms with Crippen LogP contribution in [0.5, 0.6) is 11.6 Å². The second-order valence-corrected chi connectivity index (χ2v) is 7.75. The van der Waals surface area contributed by atoms with Gasteiger partial charge in [-0.1, -0.05) is 23.4 Å². The van der Waals surface area contributed by atoms with E-state index in [1.165, 1.54) is 11.3 Å².